The maximum absolute atomic E-state index is 11.1. The average Bonchev–Trinajstić information content (AvgIpc) is 2.35. The van der Waals surface area contributed by atoms with E-state index in [0.717, 1.165) is 22.6 Å². The number of thioether (sulfide) groups is 1. The van der Waals surface area contributed by atoms with Crippen LogP contribution in [0.4, 0.5) is 5.69 Å². The van der Waals surface area contributed by atoms with Crippen molar-refractivity contribution in [1.29, 1.82) is 0 Å². The first-order valence-corrected chi connectivity index (χ1v) is 4.32. The molecular weight excluding hydrogens is 158 g/mol. The van der Waals surface area contributed by atoms with Gasteiger partial charge in [-0.3, -0.25) is 4.79 Å². The molecule has 2 nitrogen and oxygen atoms in total. The summed E-state index contributed by atoms with van der Waals surface area (Å²) in [5, 5.41) is 0.146. The second-order valence-corrected chi connectivity index (χ2v) is 3.40. The Balaban J connectivity index is 2.66. The number of hydrogen-bond donors (Lipinski definition) is 1. The van der Waals surface area contributed by atoms with Crippen LogP contribution in [0.1, 0.15) is 15.9 Å². The van der Waals surface area contributed by atoms with Gasteiger partial charge < -0.3 is 5.73 Å². The smallest absolute Gasteiger partial charge is 0.220 e. The van der Waals surface area contributed by atoms with Crippen molar-refractivity contribution in [3.63, 3.8) is 0 Å². The van der Waals surface area contributed by atoms with Crippen molar-refractivity contribution in [3.05, 3.63) is 29.3 Å². The molecule has 0 spiro atoms. The van der Waals surface area contributed by atoms with Gasteiger partial charge in [0, 0.05) is 17.0 Å². The van der Waals surface area contributed by atoms with Gasteiger partial charge in [-0.1, -0.05) is 23.9 Å². The molecule has 0 amide bonds. The highest BCUT2D eigenvalue weighted by atomic mass is 32.2. The predicted octanol–water partition coefficient (Wildman–Crippen LogP) is 1.66. The number of benzene rings is 1. The summed E-state index contributed by atoms with van der Waals surface area (Å²) in [6, 6.07) is 5.48. The van der Waals surface area contributed by atoms with Gasteiger partial charge in [0.2, 0.25) is 5.12 Å². The number of anilines is 1. The average molecular weight is 165 g/mol. The molecule has 56 valence electrons. The maximum atomic E-state index is 11.1. The van der Waals surface area contributed by atoms with Crippen LogP contribution in [-0.4, -0.2) is 5.12 Å². The standard InChI is InChI=1S/C8H7NOS/c9-7-3-1-2-5-6(7)4-11-8(5)10/h1-3H,4,9H2. The van der Waals surface area contributed by atoms with Crippen LogP contribution in [0.2, 0.25) is 0 Å². The third kappa shape index (κ3) is 0.922. The molecular formula is C8H7NOS. The maximum Gasteiger partial charge on any atom is 0.220 e. The summed E-state index contributed by atoms with van der Waals surface area (Å²) in [4.78, 5) is 11.1. The van der Waals surface area contributed by atoms with Crippen molar-refractivity contribution in [2.75, 3.05) is 5.73 Å². The fourth-order valence-electron chi connectivity index (χ4n) is 1.17. The van der Waals surface area contributed by atoms with Crippen LogP contribution >= 0.6 is 11.8 Å². The van der Waals surface area contributed by atoms with Crippen molar-refractivity contribution in [1.82, 2.24) is 0 Å². The van der Waals surface area contributed by atoms with Crippen LogP contribution in [0.5, 0.6) is 0 Å². The molecule has 1 aliphatic rings. The Hall–Kier alpha value is -0.960. The molecule has 0 aliphatic carbocycles. The van der Waals surface area contributed by atoms with Gasteiger partial charge in [-0.15, -0.1) is 0 Å². The van der Waals surface area contributed by atoms with Gasteiger partial charge in [-0.05, 0) is 11.6 Å². The van der Waals surface area contributed by atoms with Gasteiger partial charge in [-0.2, -0.15) is 0 Å². The van der Waals surface area contributed by atoms with E-state index in [1.165, 1.54) is 11.8 Å². The summed E-state index contributed by atoms with van der Waals surface area (Å²) in [5.41, 5.74) is 8.19. The lowest BCUT2D eigenvalue weighted by molar-refractivity contribution is 0.109. The fraction of sp³-hybridized carbons (Fsp3) is 0.125. The molecule has 0 aromatic heterocycles. The second kappa shape index (κ2) is 2.27. The molecule has 0 saturated carbocycles. The van der Waals surface area contributed by atoms with Gasteiger partial charge in [-0.25, -0.2) is 0 Å². The number of rotatable bonds is 0. The zero-order valence-electron chi connectivity index (χ0n) is 5.83. The van der Waals surface area contributed by atoms with Crippen LogP contribution in [0.15, 0.2) is 18.2 Å². The van der Waals surface area contributed by atoms with E-state index < -0.39 is 0 Å². The molecule has 0 radical (unpaired) electrons. The van der Waals surface area contributed by atoms with Gasteiger partial charge >= 0.3 is 0 Å². The molecule has 1 aromatic rings. The summed E-state index contributed by atoms with van der Waals surface area (Å²) >= 11 is 1.32. The Morgan fingerprint density at radius 3 is 3.00 bits per heavy atom. The van der Waals surface area contributed by atoms with Gasteiger partial charge in [0.05, 0.1) is 0 Å². The molecule has 0 bridgehead atoms. The van der Waals surface area contributed by atoms with E-state index in [1.807, 2.05) is 18.2 Å². The summed E-state index contributed by atoms with van der Waals surface area (Å²) < 4.78 is 0. The summed E-state index contributed by atoms with van der Waals surface area (Å²) in [5.74, 6) is 0.737. The summed E-state index contributed by atoms with van der Waals surface area (Å²) in [7, 11) is 0. The molecule has 11 heavy (non-hydrogen) atoms. The normalized spacial score (nSPS) is 15.1. The van der Waals surface area contributed by atoms with Crippen molar-refractivity contribution in [3.8, 4) is 0 Å². The molecule has 1 aromatic carbocycles. The highest BCUT2D eigenvalue weighted by Gasteiger charge is 2.21. The van der Waals surface area contributed by atoms with Gasteiger partial charge in [0.15, 0.2) is 0 Å². The van der Waals surface area contributed by atoms with E-state index in [0.29, 0.717) is 0 Å². The first kappa shape index (κ1) is 6.73. The number of carbonyl (C=O) groups excluding carboxylic acids is 1. The third-order valence-electron chi connectivity index (χ3n) is 1.78. The first-order valence-electron chi connectivity index (χ1n) is 3.33. The van der Waals surface area contributed by atoms with E-state index in [-0.39, 0.29) is 5.12 Å². The zero-order valence-corrected chi connectivity index (χ0v) is 6.65. The van der Waals surface area contributed by atoms with E-state index in [2.05, 4.69) is 0 Å². The Morgan fingerprint density at radius 1 is 1.45 bits per heavy atom. The Labute approximate surface area is 68.8 Å². The molecule has 0 saturated heterocycles. The molecule has 2 rings (SSSR count). The Bertz CT molecular complexity index is 322. The molecule has 2 N–H and O–H groups in total. The molecule has 0 fully saturated rings. The highest BCUT2D eigenvalue weighted by molar-refractivity contribution is 8.13. The van der Waals surface area contributed by atoms with E-state index >= 15 is 0 Å². The zero-order chi connectivity index (χ0) is 7.84. The first-order chi connectivity index (χ1) is 5.29. The highest BCUT2D eigenvalue weighted by Crippen LogP contribution is 2.32. The minimum Gasteiger partial charge on any atom is -0.398 e. The lowest BCUT2D eigenvalue weighted by Crippen LogP contribution is -1.93. The predicted molar refractivity (Wildman–Crippen MR) is 46.5 cm³/mol. The summed E-state index contributed by atoms with van der Waals surface area (Å²) in [6.45, 7) is 0. The van der Waals surface area contributed by atoms with Crippen molar-refractivity contribution in [2.45, 2.75) is 5.75 Å². The van der Waals surface area contributed by atoms with E-state index in [1.54, 1.807) is 0 Å². The van der Waals surface area contributed by atoms with E-state index in [4.69, 9.17) is 5.73 Å². The van der Waals surface area contributed by atoms with Crippen LogP contribution in [0.25, 0.3) is 0 Å². The minimum absolute atomic E-state index is 0.146. The van der Waals surface area contributed by atoms with Gasteiger partial charge in [0.25, 0.3) is 0 Å². The second-order valence-electron chi connectivity index (χ2n) is 2.45. The van der Waals surface area contributed by atoms with Crippen molar-refractivity contribution in [2.24, 2.45) is 0 Å². The lowest BCUT2D eigenvalue weighted by atomic mass is 10.1. The van der Waals surface area contributed by atoms with Gasteiger partial charge in [0.1, 0.15) is 0 Å². The number of carbonyl (C=O) groups is 1. The van der Waals surface area contributed by atoms with Crippen LogP contribution in [0.3, 0.4) is 0 Å². The Kier molecular flexibility index (Phi) is 1.39. The minimum atomic E-state index is 0.146. The molecule has 0 unspecified atom stereocenters. The lowest BCUT2D eigenvalue weighted by Gasteiger charge is -1.98. The molecule has 3 heteroatoms. The fourth-order valence-corrected chi connectivity index (χ4v) is 2.12. The largest absolute Gasteiger partial charge is 0.398 e. The molecule has 1 aliphatic heterocycles. The molecule has 1 heterocycles. The Morgan fingerprint density at radius 2 is 2.27 bits per heavy atom. The number of nitrogen functional groups attached to an aromatic ring is 1. The van der Waals surface area contributed by atoms with Crippen molar-refractivity contribution >= 4 is 22.6 Å². The quantitative estimate of drug-likeness (QED) is 0.594. The number of nitrogens with two attached hydrogens (primary N) is 1. The monoisotopic (exact) mass is 165 g/mol. The summed E-state index contributed by atoms with van der Waals surface area (Å²) in [6.07, 6.45) is 0. The number of fused-ring (bicyclic) bond motifs is 1. The van der Waals surface area contributed by atoms with Crippen LogP contribution < -0.4 is 5.73 Å². The SMILES string of the molecule is Nc1cccc2c1CSC2=O. The van der Waals surface area contributed by atoms with Crippen LogP contribution in [0, 0.1) is 0 Å². The topological polar surface area (TPSA) is 43.1 Å². The number of hydrogen-bond acceptors (Lipinski definition) is 3. The van der Waals surface area contributed by atoms with E-state index in [9.17, 15) is 4.79 Å². The third-order valence-corrected chi connectivity index (χ3v) is 2.69. The molecule has 0 atom stereocenters. The van der Waals surface area contributed by atoms with Crippen molar-refractivity contribution < 1.29 is 4.79 Å². The van der Waals surface area contributed by atoms with Crippen LogP contribution in [-0.2, 0) is 5.75 Å².